The van der Waals surface area contributed by atoms with Crippen molar-refractivity contribution in [2.75, 3.05) is 6.54 Å². The molecule has 0 fully saturated rings. The quantitative estimate of drug-likeness (QED) is 0.589. The van der Waals surface area contributed by atoms with Crippen LogP contribution in [0.3, 0.4) is 0 Å². The molecule has 4 nitrogen and oxygen atoms in total. The van der Waals surface area contributed by atoms with Gasteiger partial charge in [-0.25, -0.2) is 4.68 Å². The fourth-order valence-corrected chi connectivity index (χ4v) is 3.28. The summed E-state index contributed by atoms with van der Waals surface area (Å²) >= 11 is 1.34. The Morgan fingerprint density at radius 1 is 1.22 bits per heavy atom. The molecule has 0 aliphatic carbocycles. The number of carbonyl (C=O) groups excluding carboxylic acids is 1. The Hall–Kier alpha value is -2.61. The Balaban J connectivity index is 1.92. The number of hydrogen-bond donors (Lipinski definition) is 1. The summed E-state index contributed by atoms with van der Waals surface area (Å²) in [4.78, 5) is 12.8. The average Bonchev–Trinajstić information content (AvgIpc) is 3.31. The van der Waals surface area contributed by atoms with Crippen molar-refractivity contribution in [3.05, 3.63) is 59.1 Å². The van der Waals surface area contributed by atoms with Crippen LogP contribution in [0, 0.1) is 0 Å². The molecule has 0 spiro atoms. The highest BCUT2D eigenvalue weighted by Crippen LogP contribution is 2.34. The maximum atomic E-state index is 13.1. The van der Waals surface area contributed by atoms with Crippen LogP contribution in [-0.2, 0) is 6.18 Å². The fourth-order valence-electron chi connectivity index (χ4n) is 2.55. The van der Waals surface area contributed by atoms with Gasteiger partial charge in [0.25, 0.3) is 5.91 Å². The van der Waals surface area contributed by atoms with Gasteiger partial charge in [-0.15, -0.1) is 11.3 Å². The van der Waals surface area contributed by atoms with Crippen LogP contribution in [0.4, 0.5) is 13.2 Å². The second kappa shape index (κ2) is 7.96. The summed E-state index contributed by atoms with van der Waals surface area (Å²) in [6.07, 6.45) is -2.66. The van der Waals surface area contributed by atoms with Gasteiger partial charge in [-0.1, -0.05) is 19.4 Å². The maximum absolute atomic E-state index is 13.1. The van der Waals surface area contributed by atoms with Crippen molar-refractivity contribution >= 4 is 17.2 Å². The van der Waals surface area contributed by atoms with Crippen molar-refractivity contribution in [3.8, 4) is 16.3 Å². The van der Waals surface area contributed by atoms with E-state index in [9.17, 15) is 18.0 Å². The minimum absolute atomic E-state index is 0.204. The maximum Gasteiger partial charge on any atom is 0.435 e. The second-order valence-electron chi connectivity index (χ2n) is 5.96. The van der Waals surface area contributed by atoms with E-state index in [-0.39, 0.29) is 5.91 Å². The Kier molecular flexibility index (Phi) is 5.65. The molecule has 3 aromatic rings. The Labute approximate surface area is 158 Å². The number of nitrogens with zero attached hydrogens (tertiary/aromatic N) is 2. The minimum atomic E-state index is -4.53. The molecular formula is C19H18F3N3OS. The van der Waals surface area contributed by atoms with Crippen LogP contribution in [-0.4, -0.2) is 22.2 Å². The van der Waals surface area contributed by atoms with Crippen molar-refractivity contribution < 1.29 is 18.0 Å². The van der Waals surface area contributed by atoms with Crippen LogP contribution in [0.1, 0.15) is 35.8 Å². The molecule has 2 aromatic heterocycles. The number of halogens is 3. The minimum Gasteiger partial charge on any atom is -0.352 e. The lowest BCUT2D eigenvalue weighted by Gasteiger charge is -2.08. The summed E-state index contributed by atoms with van der Waals surface area (Å²) in [6.45, 7) is 2.62. The van der Waals surface area contributed by atoms with Gasteiger partial charge in [-0.3, -0.25) is 4.79 Å². The van der Waals surface area contributed by atoms with Crippen LogP contribution in [0.5, 0.6) is 0 Å². The van der Waals surface area contributed by atoms with Gasteiger partial charge < -0.3 is 5.32 Å². The third kappa shape index (κ3) is 4.39. The summed E-state index contributed by atoms with van der Waals surface area (Å²) in [5.41, 5.74) is 0.319. The summed E-state index contributed by atoms with van der Waals surface area (Å²) in [5.74, 6) is -0.204. The zero-order chi connectivity index (χ0) is 19.4. The first-order valence-corrected chi connectivity index (χ1v) is 9.38. The second-order valence-corrected chi connectivity index (χ2v) is 6.91. The predicted molar refractivity (Wildman–Crippen MR) is 99.1 cm³/mol. The molecule has 0 bridgehead atoms. The molecule has 1 N–H and O–H groups in total. The molecule has 1 aromatic carbocycles. The highest BCUT2D eigenvalue weighted by Gasteiger charge is 2.35. The number of carbonyl (C=O) groups is 1. The van der Waals surface area contributed by atoms with Crippen molar-refractivity contribution in [1.29, 1.82) is 0 Å². The van der Waals surface area contributed by atoms with Gasteiger partial charge in [0.15, 0.2) is 5.69 Å². The number of nitrogens with one attached hydrogen (secondary N) is 1. The van der Waals surface area contributed by atoms with Crippen molar-refractivity contribution in [1.82, 2.24) is 15.1 Å². The van der Waals surface area contributed by atoms with Crippen molar-refractivity contribution in [2.24, 2.45) is 0 Å². The van der Waals surface area contributed by atoms with Gasteiger partial charge in [0.2, 0.25) is 0 Å². The van der Waals surface area contributed by atoms with Crippen LogP contribution >= 0.6 is 11.3 Å². The highest BCUT2D eigenvalue weighted by molar-refractivity contribution is 7.13. The zero-order valence-electron chi connectivity index (χ0n) is 14.6. The van der Waals surface area contributed by atoms with E-state index in [1.54, 1.807) is 41.8 Å². The molecule has 1 amide bonds. The molecule has 0 saturated heterocycles. The van der Waals surface area contributed by atoms with E-state index in [2.05, 4.69) is 10.4 Å². The monoisotopic (exact) mass is 393 g/mol. The molecule has 2 heterocycles. The molecule has 142 valence electrons. The third-order valence-corrected chi connectivity index (χ3v) is 4.86. The van der Waals surface area contributed by atoms with Gasteiger partial charge in [0.1, 0.15) is 0 Å². The summed E-state index contributed by atoms with van der Waals surface area (Å²) < 4.78 is 40.6. The molecule has 0 aliphatic rings. The van der Waals surface area contributed by atoms with Crippen LogP contribution in [0.2, 0.25) is 0 Å². The van der Waals surface area contributed by atoms with Gasteiger partial charge >= 0.3 is 6.18 Å². The molecule has 0 atom stereocenters. The number of amides is 1. The predicted octanol–water partition coefficient (Wildman–Crippen LogP) is 5.15. The van der Waals surface area contributed by atoms with Crippen molar-refractivity contribution in [3.63, 3.8) is 0 Å². The van der Waals surface area contributed by atoms with Crippen LogP contribution in [0.25, 0.3) is 16.3 Å². The van der Waals surface area contributed by atoms with E-state index in [4.69, 9.17) is 0 Å². The lowest BCUT2D eigenvalue weighted by atomic mass is 10.2. The van der Waals surface area contributed by atoms with Crippen LogP contribution < -0.4 is 5.32 Å². The van der Waals surface area contributed by atoms with Gasteiger partial charge in [-0.2, -0.15) is 18.3 Å². The summed E-state index contributed by atoms with van der Waals surface area (Å²) in [6, 6.07) is 10.9. The van der Waals surface area contributed by atoms with E-state index in [1.807, 2.05) is 6.92 Å². The number of alkyl halides is 3. The molecule has 8 heteroatoms. The van der Waals surface area contributed by atoms with E-state index in [1.165, 1.54) is 16.0 Å². The fraction of sp³-hybridized carbons (Fsp3) is 0.263. The molecule has 0 radical (unpaired) electrons. The molecule has 0 saturated carbocycles. The van der Waals surface area contributed by atoms with E-state index in [0.29, 0.717) is 28.4 Å². The third-order valence-electron chi connectivity index (χ3n) is 3.96. The average molecular weight is 393 g/mol. The van der Waals surface area contributed by atoms with E-state index >= 15 is 0 Å². The first kappa shape index (κ1) is 19.2. The number of aromatic nitrogens is 2. The molecule has 27 heavy (non-hydrogen) atoms. The molecular weight excluding hydrogens is 375 g/mol. The first-order chi connectivity index (χ1) is 12.9. The summed E-state index contributed by atoms with van der Waals surface area (Å²) in [5, 5.41) is 8.34. The number of rotatable bonds is 6. The first-order valence-electron chi connectivity index (χ1n) is 8.50. The van der Waals surface area contributed by atoms with Crippen molar-refractivity contribution in [2.45, 2.75) is 25.9 Å². The van der Waals surface area contributed by atoms with Gasteiger partial charge in [0.05, 0.1) is 16.3 Å². The lowest BCUT2D eigenvalue weighted by molar-refractivity contribution is -0.141. The largest absolute Gasteiger partial charge is 0.435 e. The van der Waals surface area contributed by atoms with E-state index < -0.39 is 11.9 Å². The highest BCUT2D eigenvalue weighted by atomic mass is 32.1. The number of hydrogen-bond acceptors (Lipinski definition) is 3. The normalized spacial score (nSPS) is 11.6. The Morgan fingerprint density at radius 3 is 2.56 bits per heavy atom. The molecule has 0 unspecified atom stereocenters. The summed E-state index contributed by atoms with van der Waals surface area (Å²) in [7, 11) is 0. The number of unbranched alkanes of at least 4 members (excludes halogenated alkanes) is 1. The standard InChI is InChI=1S/C19H18F3N3OS/c1-2-3-10-23-18(26)13-6-8-14(9-7-13)25-15(16-5-4-11-27-16)12-17(24-25)19(20,21)22/h4-9,11-12H,2-3,10H2,1H3,(H,23,26). The topological polar surface area (TPSA) is 46.9 Å². The Morgan fingerprint density at radius 2 is 1.96 bits per heavy atom. The van der Waals surface area contributed by atoms with E-state index in [0.717, 1.165) is 18.9 Å². The van der Waals surface area contributed by atoms with Gasteiger partial charge in [-0.05, 0) is 48.2 Å². The number of benzene rings is 1. The zero-order valence-corrected chi connectivity index (χ0v) is 15.4. The SMILES string of the molecule is CCCCNC(=O)c1ccc(-n2nc(C(F)(F)F)cc2-c2cccs2)cc1. The van der Waals surface area contributed by atoms with Gasteiger partial charge in [0, 0.05) is 12.1 Å². The molecule has 3 rings (SSSR count). The van der Waals surface area contributed by atoms with Crippen LogP contribution in [0.15, 0.2) is 47.8 Å². The Bertz CT molecular complexity index is 899. The number of thiophene rings is 1. The molecule has 0 aliphatic heterocycles. The lowest BCUT2D eigenvalue weighted by Crippen LogP contribution is -2.24. The smallest absolute Gasteiger partial charge is 0.352 e.